The molecule has 0 spiro atoms. The van der Waals surface area contributed by atoms with Gasteiger partial charge in [0.05, 0.1) is 5.92 Å². The molecule has 0 bridgehead atoms. The summed E-state index contributed by atoms with van der Waals surface area (Å²) < 4.78 is 5.33. The van der Waals surface area contributed by atoms with Gasteiger partial charge in [0.15, 0.2) is 0 Å². The summed E-state index contributed by atoms with van der Waals surface area (Å²) in [6.45, 7) is 5.79. The lowest BCUT2D eigenvalue weighted by molar-refractivity contribution is -0.122. The molecule has 0 saturated carbocycles. The molecule has 0 aliphatic rings. The second kappa shape index (κ2) is 9.47. The summed E-state index contributed by atoms with van der Waals surface area (Å²) in [5, 5.41) is 7.67. The topological polar surface area (TPSA) is 106 Å². The molecular weight excluding hydrogens is 392 g/mol. The van der Waals surface area contributed by atoms with Crippen LogP contribution in [0.2, 0.25) is 0 Å². The Hall–Kier alpha value is -3.61. The van der Waals surface area contributed by atoms with Crippen LogP contribution in [0.5, 0.6) is 0 Å². The average molecular weight is 421 g/mol. The first-order valence-corrected chi connectivity index (χ1v) is 10.2. The number of alkyl carbamates (subject to hydrolysis) is 1. The zero-order chi connectivity index (χ0) is 22.4. The van der Waals surface area contributed by atoms with Crippen LogP contribution in [0.1, 0.15) is 37.8 Å². The standard InChI is InChI=1S/C24H28N4O3/c1-24(2,3)31-23(30)28-15-20(19-10-6-8-17-7-4-5-9-18(17)19)22(29)27-14-16-11-12-21(25)26-13-16/h4-13,20H,14-15H2,1-3H3,(H2,25,26)(H,27,29)(H,28,30). The highest BCUT2D eigenvalue weighted by Gasteiger charge is 2.24. The van der Waals surface area contributed by atoms with E-state index in [2.05, 4.69) is 15.6 Å². The van der Waals surface area contributed by atoms with Crippen LogP contribution in [0.15, 0.2) is 60.8 Å². The van der Waals surface area contributed by atoms with E-state index in [-0.39, 0.29) is 12.5 Å². The van der Waals surface area contributed by atoms with Gasteiger partial charge in [-0.25, -0.2) is 9.78 Å². The van der Waals surface area contributed by atoms with Gasteiger partial charge in [0.1, 0.15) is 11.4 Å². The van der Waals surface area contributed by atoms with Crippen molar-refractivity contribution in [3.8, 4) is 0 Å². The van der Waals surface area contributed by atoms with Crippen LogP contribution in [0, 0.1) is 0 Å². The number of ether oxygens (including phenoxy) is 1. The minimum Gasteiger partial charge on any atom is -0.444 e. The minimum atomic E-state index is -0.622. The predicted molar refractivity (Wildman–Crippen MR) is 121 cm³/mol. The average Bonchev–Trinajstić information content (AvgIpc) is 2.72. The lowest BCUT2D eigenvalue weighted by atomic mass is 9.92. The van der Waals surface area contributed by atoms with Gasteiger partial charge in [-0.15, -0.1) is 0 Å². The number of aromatic nitrogens is 1. The second-order valence-corrected chi connectivity index (χ2v) is 8.31. The first-order chi connectivity index (χ1) is 14.7. The first-order valence-electron chi connectivity index (χ1n) is 10.2. The monoisotopic (exact) mass is 420 g/mol. The van der Waals surface area contributed by atoms with Gasteiger partial charge < -0.3 is 21.1 Å². The number of anilines is 1. The van der Waals surface area contributed by atoms with E-state index in [0.29, 0.717) is 12.4 Å². The maximum Gasteiger partial charge on any atom is 0.407 e. The third-order valence-electron chi connectivity index (χ3n) is 4.68. The molecule has 4 N–H and O–H groups in total. The molecule has 3 aromatic rings. The van der Waals surface area contributed by atoms with Crippen molar-refractivity contribution in [2.75, 3.05) is 12.3 Å². The summed E-state index contributed by atoms with van der Waals surface area (Å²) in [6.07, 6.45) is 1.06. The third kappa shape index (κ3) is 6.18. The summed E-state index contributed by atoms with van der Waals surface area (Å²) in [5.41, 5.74) is 6.67. The minimum absolute atomic E-state index is 0.106. The van der Waals surface area contributed by atoms with Crippen LogP contribution in [-0.2, 0) is 16.1 Å². The van der Waals surface area contributed by atoms with Crippen molar-refractivity contribution >= 4 is 28.6 Å². The maximum atomic E-state index is 13.2. The van der Waals surface area contributed by atoms with Crippen LogP contribution in [0.25, 0.3) is 10.8 Å². The Bertz CT molecular complexity index is 1050. The van der Waals surface area contributed by atoms with Crippen LogP contribution in [0.4, 0.5) is 10.6 Å². The molecule has 162 valence electrons. The Kier molecular flexibility index (Phi) is 6.74. The fourth-order valence-electron chi connectivity index (χ4n) is 3.25. The fourth-order valence-corrected chi connectivity index (χ4v) is 3.25. The Labute approximate surface area is 182 Å². The number of nitrogens with two attached hydrogens (primary N) is 1. The number of nitrogens with one attached hydrogen (secondary N) is 2. The number of rotatable bonds is 6. The Morgan fingerprint density at radius 2 is 1.77 bits per heavy atom. The first kappa shape index (κ1) is 22.1. The molecule has 1 aromatic heterocycles. The zero-order valence-electron chi connectivity index (χ0n) is 18.0. The number of nitrogen functional groups attached to an aromatic ring is 1. The maximum absolute atomic E-state index is 13.2. The van der Waals surface area contributed by atoms with Gasteiger partial charge in [0.2, 0.25) is 5.91 Å². The smallest absolute Gasteiger partial charge is 0.407 e. The Balaban J connectivity index is 1.81. The quantitative estimate of drug-likeness (QED) is 0.563. The van der Waals surface area contributed by atoms with E-state index < -0.39 is 17.6 Å². The molecule has 0 aliphatic heterocycles. The summed E-state index contributed by atoms with van der Waals surface area (Å²) in [5.74, 6) is -0.380. The van der Waals surface area contributed by atoms with Gasteiger partial charge in [-0.1, -0.05) is 48.5 Å². The molecule has 2 aromatic carbocycles. The lowest BCUT2D eigenvalue weighted by Crippen LogP contribution is -2.39. The van der Waals surface area contributed by atoms with Gasteiger partial charge in [0, 0.05) is 19.3 Å². The van der Waals surface area contributed by atoms with Crippen LogP contribution in [-0.4, -0.2) is 29.1 Å². The number of pyridine rings is 1. The van der Waals surface area contributed by atoms with Crippen LogP contribution >= 0.6 is 0 Å². The van der Waals surface area contributed by atoms with Crippen molar-refractivity contribution in [3.05, 3.63) is 71.9 Å². The molecule has 3 rings (SSSR count). The van der Waals surface area contributed by atoms with Gasteiger partial charge >= 0.3 is 6.09 Å². The van der Waals surface area contributed by atoms with Crippen LogP contribution in [0.3, 0.4) is 0 Å². The summed E-state index contributed by atoms with van der Waals surface area (Å²) in [7, 11) is 0. The summed E-state index contributed by atoms with van der Waals surface area (Å²) >= 11 is 0. The van der Waals surface area contributed by atoms with E-state index >= 15 is 0 Å². The van der Waals surface area contributed by atoms with Crippen molar-refractivity contribution < 1.29 is 14.3 Å². The van der Waals surface area contributed by atoms with Gasteiger partial charge in [-0.05, 0) is 48.7 Å². The van der Waals surface area contributed by atoms with E-state index in [1.54, 1.807) is 33.0 Å². The number of hydrogen-bond donors (Lipinski definition) is 3. The van der Waals surface area contributed by atoms with E-state index in [1.165, 1.54) is 0 Å². The van der Waals surface area contributed by atoms with Gasteiger partial charge in [0.25, 0.3) is 0 Å². The number of carbonyl (C=O) groups excluding carboxylic acids is 2. The molecule has 0 radical (unpaired) electrons. The highest BCUT2D eigenvalue weighted by molar-refractivity contribution is 5.93. The SMILES string of the molecule is CC(C)(C)OC(=O)NCC(C(=O)NCc1ccc(N)nc1)c1cccc2ccccc12. The molecule has 0 fully saturated rings. The number of carbonyl (C=O) groups is 2. The predicted octanol–water partition coefficient (Wildman–Crippen LogP) is 3.74. The molecule has 0 saturated heterocycles. The lowest BCUT2D eigenvalue weighted by Gasteiger charge is -2.23. The van der Waals surface area contributed by atoms with Crippen molar-refractivity contribution in [1.29, 1.82) is 0 Å². The molecule has 31 heavy (non-hydrogen) atoms. The van der Waals surface area contributed by atoms with E-state index in [4.69, 9.17) is 10.5 Å². The number of fused-ring (bicyclic) bond motifs is 1. The van der Waals surface area contributed by atoms with Crippen LogP contribution < -0.4 is 16.4 Å². The largest absolute Gasteiger partial charge is 0.444 e. The molecule has 2 amide bonds. The van der Waals surface area contributed by atoms with Gasteiger partial charge in [-0.3, -0.25) is 4.79 Å². The highest BCUT2D eigenvalue weighted by Crippen LogP contribution is 2.26. The fraction of sp³-hybridized carbons (Fsp3) is 0.292. The number of benzene rings is 2. The van der Waals surface area contributed by atoms with E-state index in [0.717, 1.165) is 21.9 Å². The van der Waals surface area contributed by atoms with Crippen molar-refractivity contribution in [1.82, 2.24) is 15.6 Å². The molecule has 1 heterocycles. The molecule has 0 aliphatic carbocycles. The number of nitrogens with zero attached hydrogens (tertiary/aromatic N) is 1. The van der Waals surface area contributed by atoms with Crippen molar-refractivity contribution in [2.45, 2.75) is 38.8 Å². The van der Waals surface area contributed by atoms with Gasteiger partial charge in [-0.2, -0.15) is 0 Å². The second-order valence-electron chi connectivity index (χ2n) is 8.31. The summed E-state index contributed by atoms with van der Waals surface area (Å²) in [4.78, 5) is 29.4. The molecular formula is C24H28N4O3. The molecule has 7 nitrogen and oxygen atoms in total. The van der Waals surface area contributed by atoms with E-state index in [1.807, 2.05) is 48.5 Å². The Morgan fingerprint density at radius 1 is 1.03 bits per heavy atom. The zero-order valence-corrected chi connectivity index (χ0v) is 18.0. The molecule has 7 heteroatoms. The number of amides is 2. The summed E-state index contributed by atoms with van der Waals surface area (Å²) in [6, 6.07) is 17.2. The van der Waals surface area contributed by atoms with E-state index in [9.17, 15) is 9.59 Å². The molecule has 1 unspecified atom stereocenters. The third-order valence-corrected chi connectivity index (χ3v) is 4.68. The number of hydrogen-bond acceptors (Lipinski definition) is 5. The van der Waals surface area contributed by atoms with Crippen molar-refractivity contribution in [2.24, 2.45) is 0 Å². The normalized spacial score (nSPS) is 12.2. The Morgan fingerprint density at radius 3 is 2.48 bits per heavy atom. The molecule has 1 atom stereocenters. The highest BCUT2D eigenvalue weighted by atomic mass is 16.6. The van der Waals surface area contributed by atoms with Crippen molar-refractivity contribution in [3.63, 3.8) is 0 Å².